The van der Waals surface area contributed by atoms with Crippen LogP contribution in [-0.4, -0.2) is 24.2 Å². The van der Waals surface area contributed by atoms with Crippen molar-refractivity contribution in [1.29, 1.82) is 0 Å². The van der Waals surface area contributed by atoms with E-state index in [2.05, 4.69) is 17.2 Å². The Morgan fingerprint density at radius 1 is 1.65 bits per heavy atom. The maximum Gasteiger partial charge on any atom is 0.0594 e. The summed E-state index contributed by atoms with van der Waals surface area (Å²) in [7, 11) is 0. The Kier molecular flexibility index (Phi) is 4.34. The van der Waals surface area contributed by atoms with Crippen molar-refractivity contribution in [2.45, 2.75) is 38.3 Å². The molecule has 0 radical (unpaired) electrons. The molecule has 1 aromatic rings. The third kappa shape index (κ3) is 3.17. The highest BCUT2D eigenvalue weighted by Crippen LogP contribution is 2.27. The Morgan fingerprint density at radius 3 is 3.18 bits per heavy atom. The number of aromatic nitrogens is 1. The van der Waals surface area contributed by atoms with Crippen molar-refractivity contribution >= 4 is 5.69 Å². The summed E-state index contributed by atoms with van der Waals surface area (Å²) < 4.78 is 5.69. The first-order chi connectivity index (χ1) is 8.31. The molecular weight excluding hydrogens is 214 g/mol. The van der Waals surface area contributed by atoms with Crippen LogP contribution in [0.3, 0.4) is 0 Å². The van der Waals surface area contributed by atoms with E-state index >= 15 is 0 Å². The van der Waals surface area contributed by atoms with Gasteiger partial charge in [-0.05, 0) is 31.9 Å². The molecule has 1 aliphatic heterocycles. The molecule has 3 N–H and O–H groups in total. The van der Waals surface area contributed by atoms with E-state index < -0.39 is 0 Å². The van der Waals surface area contributed by atoms with Crippen molar-refractivity contribution in [2.24, 2.45) is 0 Å². The van der Waals surface area contributed by atoms with Gasteiger partial charge in [0.1, 0.15) is 0 Å². The lowest BCUT2D eigenvalue weighted by molar-refractivity contribution is 0.0948. The topological polar surface area (TPSA) is 60.2 Å². The van der Waals surface area contributed by atoms with Gasteiger partial charge in [-0.15, -0.1) is 0 Å². The number of hydrogen-bond donors (Lipinski definition) is 2. The maximum atomic E-state index is 6.01. The van der Waals surface area contributed by atoms with E-state index in [9.17, 15) is 0 Å². The van der Waals surface area contributed by atoms with Crippen molar-refractivity contribution in [2.75, 3.05) is 18.9 Å². The number of rotatable bonds is 5. The summed E-state index contributed by atoms with van der Waals surface area (Å²) in [5.74, 6) is 0. The van der Waals surface area contributed by atoms with Crippen LogP contribution in [0.4, 0.5) is 5.69 Å². The monoisotopic (exact) mass is 235 g/mol. The number of nitrogens with zero attached hydrogens (tertiary/aromatic N) is 1. The molecule has 0 spiro atoms. The zero-order valence-electron chi connectivity index (χ0n) is 10.4. The first-order valence-corrected chi connectivity index (χ1v) is 6.35. The standard InChI is InChI=1S/C13H21N3O/c1-2-16-13(8-10-4-3-7-17-10)11-9-15-6-5-12(11)14/h5-6,9-10,13,16H,2-4,7-8H2,1H3,(H2,14,15). The lowest BCUT2D eigenvalue weighted by Crippen LogP contribution is -2.26. The van der Waals surface area contributed by atoms with Crippen LogP contribution >= 0.6 is 0 Å². The van der Waals surface area contributed by atoms with Gasteiger partial charge in [-0.3, -0.25) is 4.98 Å². The summed E-state index contributed by atoms with van der Waals surface area (Å²) in [4.78, 5) is 4.16. The predicted octanol–water partition coefficient (Wildman–Crippen LogP) is 1.88. The fourth-order valence-corrected chi connectivity index (χ4v) is 2.37. The molecule has 0 aliphatic carbocycles. The first kappa shape index (κ1) is 12.3. The third-order valence-corrected chi connectivity index (χ3v) is 3.24. The summed E-state index contributed by atoms with van der Waals surface area (Å²) >= 11 is 0. The van der Waals surface area contributed by atoms with E-state index in [-0.39, 0.29) is 6.04 Å². The molecule has 2 rings (SSSR count). The number of nitrogens with two attached hydrogens (primary N) is 1. The highest BCUT2D eigenvalue weighted by molar-refractivity contribution is 5.46. The molecule has 1 fully saturated rings. The fraction of sp³-hybridized carbons (Fsp3) is 0.615. The van der Waals surface area contributed by atoms with Crippen LogP contribution < -0.4 is 11.1 Å². The summed E-state index contributed by atoms with van der Waals surface area (Å²) in [6, 6.07) is 2.10. The van der Waals surface area contributed by atoms with Crippen LogP contribution in [0.25, 0.3) is 0 Å². The number of pyridine rings is 1. The molecule has 1 aliphatic rings. The van der Waals surface area contributed by atoms with E-state index in [1.165, 1.54) is 6.42 Å². The Labute approximate surface area is 103 Å². The Balaban J connectivity index is 2.08. The van der Waals surface area contributed by atoms with Crippen LogP contribution in [0.1, 0.15) is 37.8 Å². The molecule has 0 saturated carbocycles. The van der Waals surface area contributed by atoms with Gasteiger partial charge in [-0.2, -0.15) is 0 Å². The van der Waals surface area contributed by atoms with Crippen LogP contribution in [0.2, 0.25) is 0 Å². The van der Waals surface area contributed by atoms with Gasteiger partial charge in [0.25, 0.3) is 0 Å². The Bertz CT molecular complexity index is 350. The first-order valence-electron chi connectivity index (χ1n) is 6.35. The predicted molar refractivity (Wildman–Crippen MR) is 68.7 cm³/mol. The summed E-state index contributed by atoms with van der Waals surface area (Å²) in [6.07, 6.45) is 7.25. The normalized spacial score (nSPS) is 21.6. The van der Waals surface area contributed by atoms with Crippen molar-refractivity contribution in [3.05, 3.63) is 24.0 Å². The molecule has 0 aromatic carbocycles. The van der Waals surface area contributed by atoms with Gasteiger partial charge in [0, 0.05) is 36.3 Å². The van der Waals surface area contributed by atoms with E-state index in [1.54, 1.807) is 6.20 Å². The average Bonchev–Trinajstić information content (AvgIpc) is 2.82. The van der Waals surface area contributed by atoms with E-state index in [4.69, 9.17) is 10.5 Å². The van der Waals surface area contributed by atoms with E-state index in [0.29, 0.717) is 6.10 Å². The molecule has 4 nitrogen and oxygen atoms in total. The summed E-state index contributed by atoms with van der Waals surface area (Å²) in [6.45, 7) is 3.92. The molecule has 0 bridgehead atoms. The fourth-order valence-electron chi connectivity index (χ4n) is 2.37. The smallest absolute Gasteiger partial charge is 0.0594 e. The summed E-state index contributed by atoms with van der Waals surface area (Å²) in [5, 5.41) is 3.47. The number of nitrogen functional groups attached to an aromatic ring is 1. The van der Waals surface area contributed by atoms with Crippen molar-refractivity contribution < 1.29 is 4.74 Å². The van der Waals surface area contributed by atoms with Gasteiger partial charge in [0.05, 0.1) is 6.10 Å². The van der Waals surface area contributed by atoms with Crippen LogP contribution in [0.15, 0.2) is 18.5 Å². The van der Waals surface area contributed by atoms with Crippen LogP contribution in [0, 0.1) is 0 Å². The largest absolute Gasteiger partial charge is 0.398 e. The zero-order chi connectivity index (χ0) is 12.1. The number of anilines is 1. The average molecular weight is 235 g/mol. The third-order valence-electron chi connectivity index (χ3n) is 3.24. The molecule has 1 saturated heterocycles. The SMILES string of the molecule is CCNC(CC1CCCO1)c1cnccc1N. The highest BCUT2D eigenvalue weighted by atomic mass is 16.5. The minimum Gasteiger partial charge on any atom is -0.398 e. The van der Waals surface area contributed by atoms with Gasteiger partial charge in [-0.1, -0.05) is 6.92 Å². The van der Waals surface area contributed by atoms with Crippen molar-refractivity contribution in [1.82, 2.24) is 10.3 Å². The second-order valence-electron chi connectivity index (χ2n) is 4.49. The molecule has 2 unspecified atom stereocenters. The maximum absolute atomic E-state index is 6.01. The molecule has 1 aromatic heterocycles. The minimum atomic E-state index is 0.247. The van der Waals surface area contributed by atoms with Crippen LogP contribution in [-0.2, 0) is 4.74 Å². The molecule has 4 heteroatoms. The lowest BCUT2D eigenvalue weighted by Gasteiger charge is -2.22. The van der Waals surface area contributed by atoms with Gasteiger partial charge in [0.15, 0.2) is 0 Å². The second kappa shape index (κ2) is 5.98. The van der Waals surface area contributed by atoms with Gasteiger partial charge < -0.3 is 15.8 Å². The molecular formula is C13H21N3O. The van der Waals surface area contributed by atoms with E-state index in [0.717, 1.165) is 37.2 Å². The Morgan fingerprint density at radius 2 is 2.53 bits per heavy atom. The molecule has 2 atom stereocenters. The quantitative estimate of drug-likeness (QED) is 0.818. The van der Waals surface area contributed by atoms with Crippen LogP contribution in [0.5, 0.6) is 0 Å². The molecule has 2 heterocycles. The lowest BCUT2D eigenvalue weighted by atomic mass is 9.99. The van der Waals surface area contributed by atoms with E-state index in [1.807, 2.05) is 12.3 Å². The van der Waals surface area contributed by atoms with Gasteiger partial charge in [0.2, 0.25) is 0 Å². The molecule has 17 heavy (non-hydrogen) atoms. The highest BCUT2D eigenvalue weighted by Gasteiger charge is 2.22. The van der Waals surface area contributed by atoms with Gasteiger partial charge >= 0.3 is 0 Å². The Hall–Kier alpha value is -1.13. The zero-order valence-corrected chi connectivity index (χ0v) is 10.4. The van der Waals surface area contributed by atoms with Gasteiger partial charge in [-0.25, -0.2) is 0 Å². The minimum absolute atomic E-state index is 0.247. The summed E-state index contributed by atoms with van der Waals surface area (Å²) in [5.41, 5.74) is 7.90. The second-order valence-corrected chi connectivity index (χ2v) is 4.49. The number of nitrogens with one attached hydrogen (secondary N) is 1. The van der Waals surface area contributed by atoms with Crippen molar-refractivity contribution in [3.8, 4) is 0 Å². The number of ether oxygens (including phenoxy) is 1. The number of hydrogen-bond acceptors (Lipinski definition) is 4. The molecule has 0 amide bonds. The molecule has 94 valence electrons. The van der Waals surface area contributed by atoms with Crippen molar-refractivity contribution in [3.63, 3.8) is 0 Å².